The Hall–Kier alpha value is -0.0775. The minimum absolute atomic E-state index is 0.0434. The van der Waals surface area contributed by atoms with Crippen molar-refractivity contribution in [3.63, 3.8) is 0 Å². The molecule has 1 heterocycles. The zero-order valence-electron chi connectivity index (χ0n) is 6.29. The van der Waals surface area contributed by atoms with Crippen molar-refractivity contribution in [3.05, 3.63) is 0 Å². The van der Waals surface area contributed by atoms with Gasteiger partial charge < -0.3 is 10.4 Å². The van der Waals surface area contributed by atoms with E-state index in [9.17, 15) is 4.79 Å². The smallest absolute Gasteiger partial charge is 0.234 e. The van der Waals surface area contributed by atoms with Crippen LogP contribution in [-0.4, -0.2) is 63.3 Å². The van der Waals surface area contributed by atoms with Gasteiger partial charge in [-0.15, -0.1) is 0 Å². The maximum Gasteiger partial charge on any atom is 0.234 e. The first kappa shape index (κ1) is 9.01. The van der Waals surface area contributed by atoms with Gasteiger partial charge in [0.15, 0.2) is 16.3 Å². The van der Waals surface area contributed by atoms with Crippen LogP contribution in [-0.2, 0) is 4.79 Å². The lowest BCUT2D eigenvalue weighted by Crippen LogP contribution is -2.49. The van der Waals surface area contributed by atoms with Gasteiger partial charge in [-0.1, -0.05) is 0 Å². The van der Waals surface area contributed by atoms with Crippen LogP contribution in [0.3, 0.4) is 0 Å². The Morgan fingerprint density at radius 3 is 3.09 bits per heavy atom. The molecule has 1 rings (SSSR count). The molecule has 0 bridgehead atoms. The number of amides is 1. The van der Waals surface area contributed by atoms with Crippen molar-refractivity contribution in [2.45, 2.75) is 4.97 Å². The molecule has 2 N–H and O–H groups in total. The van der Waals surface area contributed by atoms with E-state index in [0.29, 0.717) is 19.6 Å². The number of β-amino-alcohol motifs (C(OH)–C–C–N with tert-alkyl or cyclic N) is 1. The van der Waals surface area contributed by atoms with Gasteiger partial charge in [-0.05, 0) is 4.97 Å². The Morgan fingerprint density at radius 1 is 1.82 bits per heavy atom. The van der Waals surface area contributed by atoms with Crippen molar-refractivity contribution in [3.8, 4) is 0 Å². The summed E-state index contributed by atoms with van der Waals surface area (Å²) in [6.07, 6.45) is 0. The van der Waals surface area contributed by atoms with Crippen LogP contribution in [0.25, 0.3) is 0 Å². The first-order valence-electron chi connectivity index (χ1n) is 3.61. The maximum atomic E-state index is 10.8. The topological polar surface area (TPSA) is 52.6 Å². The van der Waals surface area contributed by atoms with Gasteiger partial charge in [0.25, 0.3) is 0 Å². The average molecular weight is 170 g/mol. The van der Waals surface area contributed by atoms with E-state index in [0.717, 1.165) is 6.54 Å². The first-order chi connectivity index (χ1) is 5.18. The van der Waals surface area contributed by atoms with E-state index in [4.69, 9.17) is 5.11 Å². The van der Waals surface area contributed by atoms with Crippen LogP contribution in [0.2, 0.25) is 0 Å². The fourth-order valence-corrected chi connectivity index (χ4v) is 1.41. The van der Waals surface area contributed by atoms with Crippen molar-refractivity contribution in [2.75, 3.05) is 26.2 Å². The number of hydrogen-bond donors (Lipinski definition) is 2. The molecule has 4 nitrogen and oxygen atoms in total. The molecule has 1 aliphatic rings. The van der Waals surface area contributed by atoms with Crippen molar-refractivity contribution < 1.29 is 9.90 Å². The Morgan fingerprint density at radius 2 is 2.55 bits per heavy atom. The summed E-state index contributed by atoms with van der Waals surface area (Å²) in [7, 11) is 0. The predicted molar refractivity (Wildman–Crippen MR) is 41.2 cm³/mol. The third kappa shape index (κ3) is 3.21. The summed E-state index contributed by atoms with van der Waals surface area (Å²) in [6.45, 7) is 2.48. The number of nitrogens with zero attached hydrogens (tertiary/aromatic N) is 1. The van der Waals surface area contributed by atoms with Gasteiger partial charge in [0, 0.05) is 19.6 Å². The van der Waals surface area contributed by atoms with E-state index in [1.54, 1.807) is 0 Å². The third-order valence-corrected chi connectivity index (χ3v) is 1.77. The number of aliphatic hydroxyl groups is 1. The van der Waals surface area contributed by atoms with Crippen LogP contribution < -0.4 is 5.32 Å². The van der Waals surface area contributed by atoms with E-state index in [1.165, 1.54) is 0 Å². The molecule has 0 aliphatic carbocycles. The second-order valence-electron chi connectivity index (χ2n) is 2.65. The molecule has 5 heteroatoms. The predicted octanol–water partition coefficient (Wildman–Crippen LogP) is -2.09. The summed E-state index contributed by atoms with van der Waals surface area (Å²) in [5.41, 5.74) is 0. The number of carbonyl (C=O) groups is 1. The zero-order valence-corrected chi connectivity index (χ0v) is 7.44. The molecule has 2 radical (unpaired) electrons. The molecule has 0 spiro atoms. The Labute approximate surface area is 74.0 Å². The highest BCUT2D eigenvalue weighted by Gasteiger charge is 2.16. The van der Waals surface area contributed by atoms with Crippen molar-refractivity contribution in [2.24, 2.45) is 0 Å². The molecule has 1 atom stereocenters. The van der Waals surface area contributed by atoms with Gasteiger partial charge in [-0.25, -0.2) is 0 Å². The number of piperazine rings is 1. The van der Waals surface area contributed by atoms with Crippen LogP contribution in [0.5, 0.6) is 0 Å². The summed E-state index contributed by atoms with van der Waals surface area (Å²) in [4.78, 5) is 12.3. The van der Waals surface area contributed by atoms with Gasteiger partial charge in [0.05, 0.1) is 6.54 Å². The highest BCUT2D eigenvalue weighted by Crippen LogP contribution is 1.93. The van der Waals surface area contributed by atoms with Crippen molar-refractivity contribution in [1.29, 1.82) is 0 Å². The number of rotatable bonds is 2. The molecule has 1 aliphatic heterocycles. The highest BCUT2D eigenvalue weighted by molar-refractivity contribution is 6.10. The van der Waals surface area contributed by atoms with Crippen LogP contribution >= 0.6 is 0 Å². The molecule has 1 saturated heterocycles. The molecular formula is C6H11AlN2O2. The molecule has 0 saturated carbocycles. The quantitative estimate of drug-likeness (QED) is 0.467. The molecule has 0 aromatic heterocycles. The molecule has 11 heavy (non-hydrogen) atoms. The van der Waals surface area contributed by atoms with Crippen LogP contribution in [0.15, 0.2) is 0 Å². The van der Waals surface area contributed by atoms with Crippen molar-refractivity contribution >= 4 is 22.2 Å². The maximum absolute atomic E-state index is 10.8. The molecule has 0 aromatic rings. The normalized spacial score (nSPS) is 22.8. The SMILES string of the molecule is O=C1CN(C[CH](O)[Al])CCN1. The average Bonchev–Trinajstić information content (AvgIpc) is 1.85. The third-order valence-electron chi connectivity index (χ3n) is 1.56. The summed E-state index contributed by atoms with van der Waals surface area (Å²) in [5.74, 6) is 0.0434. The van der Waals surface area contributed by atoms with Gasteiger partial charge in [-0.2, -0.15) is 0 Å². The Kier molecular flexibility index (Phi) is 3.34. The standard InChI is InChI=1S/C6H11N2O2.Al/c9-4-3-8-2-1-7-6(10)5-8;/h4,9H,1-3,5H2,(H,7,10);. The number of nitrogens with one attached hydrogen (secondary N) is 1. The molecular weight excluding hydrogens is 159 g/mol. The Balaban J connectivity index is 2.28. The highest BCUT2D eigenvalue weighted by atomic mass is 27.0. The zero-order chi connectivity index (χ0) is 8.27. The van der Waals surface area contributed by atoms with Crippen molar-refractivity contribution in [1.82, 2.24) is 10.2 Å². The van der Waals surface area contributed by atoms with Gasteiger partial charge in [0.2, 0.25) is 5.91 Å². The van der Waals surface area contributed by atoms with E-state index >= 15 is 0 Å². The van der Waals surface area contributed by atoms with Crippen LogP contribution in [0, 0.1) is 0 Å². The lowest BCUT2D eigenvalue weighted by molar-refractivity contribution is -0.124. The lowest BCUT2D eigenvalue weighted by atomic mass is 10.3. The minimum Gasteiger partial charge on any atom is -0.409 e. The molecule has 1 fully saturated rings. The Bertz CT molecular complexity index is 152. The second-order valence-corrected chi connectivity index (χ2v) is 3.42. The van der Waals surface area contributed by atoms with E-state index < -0.39 is 4.97 Å². The summed E-state index contributed by atoms with van der Waals surface area (Å²) in [5, 5.41) is 11.7. The number of aliphatic hydroxyl groups excluding tert-OH is 1. The van der Waals surface area contributed by atoms with E-state index in [2.05, 4.69) is 21.6 Å². The largest absolute Gasteiger partial charge is 0.409 e. The van der Waals surface area contributed by atoms with Gasteiger partial charge >= 0.3 is 0 Å². The van der Waals surface area contributed by atoms with E-state index in [-0.39, 0.29) is 5.91 Å². The molecule has 1 unspecified atom stereocenters. The lowest BCUT2D eigenvalue weighted by Gasteiger charge is -2.27. The fraction of sp³-hybridized carbons (Fsp3) is 0.833. The molecule has 60 valence electrons. The molecule has 0 aromatic carbocycles. The monoisotopic (exact) mass is 170 g/mol. The fourth-order valence-electron chi connectivity index (χ4n) is 1.11. The number of hydrogen-bond acceptors (Lipinski definition) is 3. The van der Waals surface area contributed by atoms with Gasteiger partial charge in [-0.3, -0.25) is 9.69 Å². The summed E-state index contributed by atoms with van der Waals surface area (Å²) >= 11 is 2.30. The first-order valence-corrected chi connectivity index (χ1v) is 4.28. The van der Waals surface area contributed by atoms with Crippen LogP contribution in [0.1, 0.15) is 0 Å². The summed E-state index contributed by atoms with van der Waals surface area (Å²) in [6, 6.07) is 0. The second kappa shape index (κ2) is 4.08. The van der Waals surface area contributed by atoms with Crippen LogP contribution in [0.4, 0.5) is 0 Å². The molecule has 1 amide bonds. The van der Waals surface area contributed by atoms with E-state index in [1.807, 2.05) is 4.90 Å². The summed E-state index contributed by atoms with van der Waals surface area (Å²) < 4.78 is 0. The number of carbonyl (C=O) groups excluding carboxylic acids is 1. The minimum atomic E-state index is -0.430. The van der Waals surface area contributed by atoms with Gasteiger partial charge in [0.1, 0.15) is 0 Å².